The zero-order chi connectivity index (χ0) is 44.0. The number of unbranched alkanes of at least 4 members (excludes halogenated alkanes) is 22. The highest BCUT2D eigenvalue weighted by Gasteiger charge is 2.50. The van der Waals surface area contributed by atoms with Crippen LogP contribution >= 0.6 is 0 Å². The molecule has 0 aliphatic carbocycles. The summed E-state index contributed by atoms with van der Waals surface area (Å²) in [5.41, 5.74) is 0. The smallest absolute Gasteiger partial charge is 0.217 e. The lowest BCUT2D eigenvalue weighted by molar-refractivity contribution is -0.359. The Morgan fingerprint density at radius 1 is 0.583 bits per heavy atom. The molecule has 0 bridgehead atoms. The number of aliphatic hydroxyl groups is 8. The standard InChI is InChI=1S/C46H85NO13/c1-3-4-5-6-7-8-9-10-11-12-13-14-15-16-17-18-19-20-21-22-23-24-25-26-27-28-29-30-36(51)35(47-34(2)50)33-57-45-43(56)41(54)44(38(32-49)59-45)60-46-42(55)40(53)39(52)37(31-48)58-46/h25-26,29-30,35-46,48-49,51-56H,3-24,27-28,31-33H2,1-2H3,(H,47,50)/b26-25+,30-29+. The maximum Gasteiger partial charge on any atom is 0.217 e. The van der Waals surface area contributed by atoms with Gasteiger partial charge in [0, 0.05) is 6.92 Å². The number of allylic oxidation sites excluding steroid dienone is 3. The van der Waals surface area contributed by atoms with E-state index in [1.165, 1.54) is 142 Å². The lowest BCUT2D eigenvalue weighted by Crippen LogP contribution is -2.65. The molecule has 2 saturated heterocycles. The summed E-state index contributed by atoms with van der Waals surface area (Å²) in [6.07, 6.45) is 22.2. The van der Waals surface area contributed by atoms with Crippen LogP contribution in [0.25, 0.3) is 0 Å². The average molecular weight is 860 g/mol. The fourth-order valence-corrected chi connectivity index (χ4v) is 7.87. The molecule has 0 aromatic heterocycles. The normalized spacial score (nSPS) is 28.4. The first-order valence-corrected chi connectivity index (χ1v) is 23.5. The number of hydrogen-bond donors (Lipinski definition) is 9. The van der Waals surface area contributed by atoms with Crippen molar-refractivity contribution in [1.82, 2.24) is 5.32 Å². The summed E-state index contributed by atoms with van der Waals surface area (Å²) in [5.74, 6) is -0.425. The van der Waals surface area contributed by atoms with Gasteiger partial charge in [0.15, 0.2) is 12.6 Å². The molecule has 2 aliphatic heterocycles. The van der Waals surface area contributed by atoms with E-state index in [4.69, 9.17) is 18.9 Å². The molecule has 12 unspecified atom stereocenters. The van der Waals surface area contributed by atoms with Crippen LogP contribution in [0.2, 0.25) is 0 Å². The van der Waals surface area contributed by atoms with Crippen LogP contribution in [0, 0.1) is 0 Å². The van der Waals surface area contributed by atoms with E-state index < -0.39 is 92.7 Å². The molecule has 9 N–H and O–H groups in total. The van der Waals surface area contributed by atoms with Crippen LogP contribution in [-0.4, -0.2) is 140 Å². The molecule has 14 heteroatoms. The van der Waals surface area contributed by atoms with E-state index in [9.17, 15) is 45.6 Å². The van der Waals surface area contributed by atoms with E-state index in [2.05, 4.69) is 24.4 Å². The minimum atomic E-state index is -1.78. The van der Waals surface area contributed by atoms with Gasteiger partial charge < -0.3 is 65.1 Å². The third-order valence-electron chi connectivity index (χ3n) is 11.7. The zero-order valence-corrected chi connectivity index (χ0v) is 36.9. The first-order chi connectivity index (χ1) is 29.0. The minimum Gasteiger partial charge on any atom is -0.394 e. The summed E-state index contributed by atoms with van der Waals surface area (Å²) >= 11 is 0. The molecule has 12 atom stereocenters. The van der Waals surface area contributed by atoms with Crippen LogP contribution < -0.4 is 5.32 Å². The first kappa shape index (κ1) is 54.6. The largest absolute Gasteiger partial charge is 0.394 e. The number of aliphatic hydroxyl groups excluding tert-OH is 8. The lowest BCUT2D eigenvalue weighted by Gasteiger charge is -2.46. The molecule has 0 radical (unpaired) electrons. The van der Waals surface area contributed by atoms with Gasteiger partial charge in [0.05, 0.1) is 32.0 Å². The summed E-state index contributed by atoms with van der Waals surface area (Å²) in [4.78, 5) is 11.9. The number of carbonyl (C=O) groups excluding carboxylic acids is 1. The second-order valence-electron chi connectivity index (χ2n) is 17.0. The zero-order valence-electron chi connectivity index (χ0n) is 36.9. The van der Waals surface area contributed by atoms with Crippen molar-refractivity contribution in [3.63, 3.8) is 0 Å². The quantitative estimate of drug-likeness (QED) is 0.0303. The summed E-state index contributed by atoms with van der Waals surface area (Å²) in [5, 5.41) is 84.9. The second kappa shape index (κ2) is 34.0. The van der Waals surface area contributed by atoms with Crippen molar-refractivity contribution in [2.24, 2.45) is 0 Å². The number of nitrogens with one attached hydrogen (secondary N) is 1. The van der Waals surface area contributed by atoms with Crippen molar-refractivity contribution < 1.29 is 64.6 Å². The molecule has 2 heterocycles. The van der Waals surface area contributed by atoms with Crippen LogP contribution in [0.4, 0.5) is 0 Å². The number of amides is 1. The average Bonchev–Trinajstić information content (AvgIpc) is 3.23. The first-order valence-electron chi connectivity index (χ1n) is 23.5. The molecule has 0 spiro atoms. The Labute approximate surface area is 360 Å². The lowest BCUT2D eigenvalue weighted by atomic mass is 9.97. The fourth-order valence-electron chi connectivity index (χ4n) is 7.87. The van der Waals surface area contributed by atoms with Gasteiger partial charge in [-0.3, -0.25) is 4.79 Å². The van der Waals surface area contributed by atoms with Gasteiger partial charge in [-0.15, -0.1) is 0 Å². The molecular weight excluding hydrogens is 775 g/mol. The Morgan fingerprint density at radius 3 is 1.53 bits per heavy atom. The topological polar surface area (TPSA) is 228 Å². The molecule has 2 aliphatic rings. The van der Waals surface area contributed by atoms with E-state index in [1.54, 1.807) is 6.08 Å². The van der Waals surface area contributed by atoms with Crippen LogP contribution in [0.15, 0.2) is 24.3 Å². The summed E-state index contributed by atoms with van der Waals surface area (Å²) in [6.45, 7) is 1.81. The fraction of sp³-hybridized carbons (Fsp3) is 0.891. The Hall–Kier alpha value is -1.53. The molecule has 2 rings (SSSR count). The second-order valence-corrected chi connectivity index (χ2v) is 17.0. The Balaban J connectivity index is 1.55. The van der Waals surface area contributed by atoms with Crippen molar-refractivity contribution >= 4 is 5.91 Å². The number of rotatable bonds is 35. The predicted molar refractivity (Wildman–Crippen MR) is 231 cm³/mol. The maximum absolute atomic E-state index is 11.9. The molecular formula is C46H85NO13. The third kappa shape index (κ3) is 22.2. The molecule has 14 nitrogen and oxygen atoms in total. The Morgan fingerprint density at radius 2 is 1.03 bits per heavy atom. The van der Waals surface area contributed by atoms with Gasteiger partial charge in [-0.1, -0.05) is 160 Å². The van der Waals surface area contributed by atoms with Crippen molar-refractivity contribution in [3.05, 3.63) is 24.3 Å². The molecule has 0 aromatic rings. The van der Waals surface area contributed by atoms with E-state index in [-0.39, 0.29) is 6.61 Å². The highest BCUT2D eigenvalue weighted by Crippen LogP contribution is 2.30. The van der Waals surface area contributed by atoms with E-state index in [1.807, 2.05) is 6.08 Å². The highest BCUT2D eigenvalue weighted by atomic mass is 16.7. The van der Waals surface area contributed by atoms with Gasteiger partial charge >= 0.3 is 0 Å². The predicted octanol–water partition coefficient (Wildman–Crippen LogP) is 4.99. The third-order valence-corrected chi connectivity index (χ3v) is 11.7. The Bertz CT molecular complexity index is 1110. The molecule has 1 amide bonds. The molecule has 352 valence electrons. The van der Waals surface area contributed by atoms with Crippen molar-refractivity contribution in [2.45, 2.75) is 242 Å². The maximum atomic E-state index is 11.9. The number of hydrogen-bond acceptors (Lipinski definition) is 13. The minimum absolute atomic E-state index is 0.324. The van der Waals surface area contributed by atoms with Crippen LogP contribution in [0.5, 0.6) is 0 Å². The number of carbonyl (C=O) groups is 1. The number of ether oxygens (including phenoxy) is 4. The van der Waals surface area contributed by atoms with Crippen LogP contribution in [0.1, 0.15) is 168 Å². The van der Waals surface area contributed by atoms with Gasteiger partial charge in [0.2, 0.25) is 5.91 Å². The highest BCUT2D eigenvalue weighted by molar-refractivity contribution is 5.73. The van der Waals surface area contributed by atoms with Crippen molar-refractivity contribution in [2.75, 3.05) is 19.8 Å². The van der Waals surface area contributed by atoms with Crippen molar-refractivity contribution in [1.29, 1.82) is 0 Å². The van der Waals surface area contributed by atoms with Gasteiger partial charge in [-0.2, -0.15) is 0 Å². The monoisotopic (exact) mass is 860 g/mol. The molecule has 0 aromatic carbocycles. The molecule has 60 heavy (non-hydrogen) atoms. The Kier molecular flexibility index (Phi) is 30.9. The van der Waals surface area contributed by atoms with Gasteiger partial charge in [0.1, 0.15) is 48.8 Å². The summed E-state index contributed by atoms with van der Waals surface area (Å²) in [7, 11) is 0. The van der Waals surface area contributed by atoms with Gasteiger partial charge in [-0.05, 0) is 25.7 Å². The van der Waals surface area contributed by atoms with Crippen LogP contribution in [0.3, 0.4) is 0 Å². The molecule has 0 saturated carbocycles. The summed E-state index contributed by atoms with van der Waals surface area (Å²) in [6, 6.07) is -0.929. The molecule has 2 fully saturated rings. The summed E-state index contributed by atoms with van der Waals surface area (Å²) < 4.78 is 22.2. The van der Waals surface area contributed by atoms with E-state index >= 15 is 0 Å². The van der Waals surface area contributed by atoms with Gasteiger partial charge in [0.25, 0.3) is 0 Å². The SMILES string of the molecule is CCCCCCCCCCCCCCCCCCCCCCC/C=C/CC/C=C/C(O)C(COC1OC(CO)C(OC2OC(CO)C(O)C(O)C2O)C(O)C1O)NC(C)=O. The van der Waals surface area contributed by atoms with Gasteiger partial charge in [-0.25, -0.2) is 0 Å². The van der Waals surface area contributed by atoms with Crippen molar-refractivity contribution in [3.8, 4) is 0 Å². The van der Waals surface area contributed by atoms with E-state index in [0.717, 1.165) is 12.8 Å². The van der Waals surface area contributed by atoms with E-state index in [0.29, 0.717) is 6.42 Å². The van der Waals surface area contributed by atoms with Crippen LogP contribution in [-0.2, 0) is 23.7 Å².